The first-order chi connectivity index (χ1) is 14.0. The lowest BCUT2D eigenvalue weighted by molar-refractivity contribution is 0.102. The molecule has 0 bridgehead atoms. The van der Waals surface area contributed by atoms with Crippen LogP contribution in [-0.4, -0.2) is 43.9 Å². The molecule has 152 valence electrons. The van der Waals surface area contributed by atoms with Gasteiger partial charge in [-0.3, -0.25) is 15.0 Å². The maximum atomic E-state index is 12.7. The van der Waals surface area contributed by atoms with Crippen molar-refractivity contribution < 1.29 is 4.79 Å². The van der Waals surface area contributed by atoms with E-state index in [0.29, 0.717) is 28.4 Å². The lowest BCUT2D eigenvalue weighted by Crippen LogP contribution is -2.38. The van der Waals surface area contributed by atoms with Gasteiger partial charge in [0.05, 0.1) is 17.1 Å². The fourth-order valence-corrected chi connectivity index (χ4v) is 4.71. The number of piperidine rings is 1. The van der Waals surface area contributed by atoms with E-state index in [2.05, 4.69) is 39.2 Å². The van der Waals surface area contributed by atoms with E-state index < -0.39 is 0 Å². The van der Waals surface area contributed by atoms with E-state index in [9.17, 15) is 4.79 Å². The molecule has 1 saturated heterocycles. The number of benzene rings is 1. The highest BCUT2D eigenvalue weighted by Crippen LogP contribution is 2.24. The molecule has 8 heteroatoms. The Morgan fingerprint density at radius 3 is 2.62 bits per heavy atom. The van der Waals surface area contributed by atoms with Crippen molar-refractivity contribution in [2.24, 2.45) is 11.8 Å². The third kappa shape index (κ3) is 4.71. The monoisotopic (exact) mass is 410 g/mol. The highest BCUT2D eigenvalue weighted by molar-refractivity contribution is 7.13. The first-order valence-electron chi connectivity index (χ1n) is 9.95. The summed E-state index contributed by atoms with van der Waals surface area (Å²) in [5, 5.41) is 14.2. The smallest absolute Gasteiger partial charge is 0.279 e. The molecule has 1 aliphatic heterocycles. The lowest BCUT2D eigenvalue weighted by atomic mass is 9.92. The second-order valence-corrected chi connectivity index (χ2v) is 8.86. The van der Waals surface area contributed by atoms with Crippen LogP contribution in [0.4, 0.5) is 5.13 Å². The summed E-state index contributed by atoms with van der Waals surface area (Å²) < 4.78 is 0. The molecule has 2 aromatic heterocycles. The van der Waals surface area contributed by atoms with Crippen molar-refractivity contribution in [3.63, 3.8) is 0 Å². The molecule has 0 radical (unpaired) electrons. The summed E-state index contributed by atoms with van der Waals surface area (Å²) in [6.07, 6.45) is 1.29. The first kappa shape index (κ1) is 19.7. The van der Waals surface area contributed by atoms with Gasteiger partial charge in [-0.15, -0.1) is 16.4 Å². The van der Waals surface area contributed by atoms with Gasteiger partial charge in [0.1, 0.15) is 0 Å². The molecule has 1 aliphatic rings. The van der Waals surface area contributed by atoms with Crippen LogP contribution in [0.1, 0.15) is 42.1 Å². The highest BCUT2D eigenvalue weighted by Gasteiger charge is 2.23. The fourth-order valence-electron chi connectivity index (χ4n) is 4.01. The summed E-state index contributed by atoms with van der Waals surface area (Å²) in [7, 11) is 0. The second-order valence-electron chi connectivity index (χ2n) is 8.00. The fraction of sp³-hybridized carbons (Fsp3) is 0.429. The lowest BCUT2D eigenvalue weighted by Gasteiger charge is -2.34. The zero-order valence-electron chi connectivity index (χ0n) is 17.0. The molecule has 2 unspecified atom stereocenters. The van der Waals surface area contributed by atoms with Gasteiger partial charge in [-0.05, 0) is 37.3 Å². The quantitative estimate of drug-likeness (QED) is 0.693. The SMILES string of the molecule is Cc1nn(-c2ccccc2)nc1C(=O)Nc1nc(CN2CC(C)CC(C)C2)cs1. The number of para-hydroxylation sites is 1. The van der Waals surface area contributed by atoms with E-state index in [4.69, 9.17) is 0 Å². The van der Waals surface area contributed by atoms with Crippen LogP contribution in [-0.2, 0) is 6.54 Å². The van der Waals surface area contributed by atoms with Crippen LogP contribution >= 0.6 is 11.3 Å². The van der Waals surface area contributed by atoms with Crippen molar-refractivity contribution in [2.75, 3.05) is 18.4 Å². The molecule has 2 atom stereocenters. The first-order valence-corrected chi connectivity index (χ1v) is 10.8. The van der Waals surface area contributed by atoms with Gasteiger partial charge in [-0.25, -0.2) is 4.98 Å². The van der Waals surface area contributed by atoms with Gasteiger partial charge in [0.25, 0.3) is 5.91 Å². The number of hydrogen-bond acceptors (Lipinski definition) is 6. The minimum Gasteiger partial charge on any atom is -0.297 e. The molecular formula is C21H26N6OS. The van der Waals surface area contributed by atoms with Crippen LogP contribution in [0.2, 0.25) is 0 Å². The number of carbonyl (C=O) groups is 1. The molecule has 3 heterocycles. The maximum absolute atomic E-state index is 12.7. The van der Waals surface area contributed by atoms with E-state index in [1.165, 1.54) is 22.6 Å². The molecule has 0 aliphatic carbocycles. The Morgan fingerprint density at radius 1 is 1.17 bits per heavy atom. The van der Waals surface area contributed by atoms with Gasteiger partial charge < -0.3 is 0 Å². The van der Waals surface area contributed by atoms with Crippen LogP contribution < -0.4 is 5.32 Å². The summed E-state index contributed by atoms with van der Waals surface area (Å²) in [5.74, 6) is 1.14. The molecule has 0 spiro atoms. The number of nitrogens with zero attached hydrogens (tertiary/aromatic N) is 5. The topological polar surface area (TPSA) is 75.9 Å². The van der Waals surface area contributed by atoms with Crippen molar-refractivity contribution in [2.45, 2.75) is 33.7 Å². The van der Waals surface area contributed by atoms with Crippen molar-refractivity contribution in [3.05, 3.63) is 52.8 Å². The van der Waals surface area contributed by atoms with Gasteiger partial charge in [-0.2, -0.15) is 9.90 Å². The number of thiazole rings is 1. The molecule has 1 amide bonds. The highest BCUT2D eigenvalue weighted by atomic mass is 32.1. The average molecular weight is 411 g/mol. The van der Waals surface area contributed by atoms with E-state index in [0.717, 1.165) is 31.0 Å². The third-order valence-corrected chi connectivity index (χ3v) is 5.89. The Bertz CT molecular complexity index is 972. The van der Waals surface area contributed by atoms with Gasteiger partial charge in [0.15, 0.2) is 10.8 Å². The van der Waals surface area contributed by atoms with E-state index in [1.807, 2.05) is 35.7 Å². The molecule has 1 N–H and O–H groups in total. The normalized spacial score (nSPS) is 20.0. The van der Waals surface area contributed by atoms with Crippen molar-refractivity contribution in [1.29, 1.82) is 0 Å². The van der Waals surface area contributed by atoms with E-state index in [-0.39, 0.29) is 5.91 Å². The number of likely N-dealkylation sites (tertiary alicyclic amines) is 1. The Hall–Kier alpha value is -2.58. The predicted molar refractivity (Wildman–Crippen MR) is 114 cm³/mol. The number of amides is 1. The summed E-state index contributed by atoms with van der Waals surface area (Å²) in [6, 6.07) is 9.55. The van der Waals surface area contributed by atoms with Crippen LogP contribution in [0, 0.1) is 18.8 Å². The predicted octanol–water partition coefficient (Wildman–Crippen LogP) is 3.76. The molecular weight excluding hydrogens is 384 g/mol. The zero-order chi connectivity index (χ0) is 20.4. The Morgan fingerprint density at radius 2 is 1.90 bits per heavy atom. The van der Waals surface area contributed by atoms with Gasteiger partial charge in [0.2, 0.25) is 0 Å². The van der Waals surface area contributed by atoms with Crippen LogP contribution in [0.5, 0.6) is 0 Å². The molecule has 1 fully saturated rings. The molecule has 7 nitrogen and oxygen atoms in total. The second kappa shape index (κ2) is 8.42. The third-order valence-electron chi connectivity index (χ3n) is 5.09. The number of anilines is 1. The number of nitrogens with one attached hydrogen (secondary N) is 1. The van der Waals surface area contributed by atoms with Crippen LogP contribution in [0.3, 0.4) is 0 Å². The zero-order valence-corrected chi connectivity index (χ0v) is 17.8. The molecule has 0 saturated carbocycles. The number of carbonyl (C=O) groups excluding carboxylic acids is 1. The summed E-state index contributed by atoms with van der Waals surface area (Å²) in [6.45, 7) is 9.43. The Labute approximate surface area is 174 Å². The summed E-state index contributed by atoms with van der Waals surface area (Å²) >= 11 is 1.45. The number of aryl methyl sites for hydroxylation is 1. The van der Waals surface area contributed by atoms with Gasteiger partial charge in [-0.1, -0.05) is 32.0 Å². The van der Waals surface area contributed by atoms with Crippen molar-refractivity contribution in [1.82, 2.24) is 24.9 Å². The minimum absolute atomic E-state index is 0.286. The van der Waals surface area contributed by atoms with Crippen molar-refractivity contribution >= 4 is 22.4 Å². The Balaban J connectivity index is 1.41. The number of rotatable bonds is 5. The maximum Gasteiger partial charge on any atom is 0.279 e. The van der Waals surface area contributed by atoms with Gasteiger partial charge in [0, 0.05) is 25.0 Å². The molecule has 4 rings (SSSR count). The standard InChI is InChI=1S/C21H26N6OS/c1-14-9-15(2)11-26(10-14)12-17-13-29-21(22-17)23-20(28)19-16(3)24-27(25-19)18-7-5-4-6-8-18/h4-8,13-15H,9-12H2,1-3H3,(H,22,23,28). The molecule has 29 heavy (non-hydrogen) atoms. The van der Waals surface area contributed by atoms with E-state index in [1.54, 1.807) is 6.92 Å². The van der Waals surface area contributed by atoms with Gasteiger partial charge >= 0.3 is 0 Å². The Kier molecular flexibility index (Phi) is 5.73. The summed E-state index contributed by atoms with van der Waals surface area (Å²) in [4.78, 5) is 21.2. The van der Waals surface area contributed by atoms with Crippen LogP contribution in [0.25, 0.3) is 5.69 Å². The molecule has 1 aromatic carbocycles. The number of hydrogen-bond donors (Lipinski definition) is 1. The van der Waals surface area contributed by atoms with E-state index >= 15 is 0 Å². The van der Waals surface area contributed by atoms with Crippen molar-refractivity contribution in [3.8, 4) is 5.69 Å². The molecule has 3 aromatic rings. The largest absolute Gasteiger partial charge is 0.297 e. The summed E-state index contributed by atoms with van der Waals surface area (Å²) in [5.41, 5.74) is 2.70. The number of aromatic nitrogens is 4. The average Bonchev–Trinajstić information content (AvgIpc) is 3.28. The minimum atomic E-state index is -0.286. The van der Waals surface area contributed by atoms with Crippen LogP contribution in [0.15, 0.2) is 35.7 Å².